The van der Waals surface area contributed by atoms with E-state index in [0.29, 0.717) is 24.3 Å². The number of rotatable bonds is 2. The Kier molecular flexibility index (Phi) is 4.73. The Morgan fingerprint density at radius 2 is 2.04 bits per heavy atom. The number of esters is 1. The summed E-state index contributed by atoms with van der Waals surface area (Å²) in [6.07, 6.45) is 4.89. The molecular formula is C19H27NO3S. The molecule has 1 saturated heterocycles. The first kappa shape index (κ1) is 17.5. The van der Waals surface area contributed by atoms with Gasteiger partial charge in [0, 0.05) is 11.4 Å². The summed E-state index contributed by atoms with van der Waals surface area (Å²) in [5, 5.41) is 0. The maximum atomic E-state index is 12.9. The van der Waals surface area contributed by atoms with E-state index in [1.165, 1.54) is 24.0 Å². The van der Waals surface area contributed by atoms with E-state index in [1.807, 2.05) is 0 Å². The van der Waals surface area contributed by atoms with Gasteiger partial charge >= 0.3 is 5.97 Å². The second-order valence-corrected chi connectivity index (χ2v) is 9.18. The minimum Gasteiger partial charge on any atom is -0.467 e. The fraction of sp³-hybridized carbons (Fsp3) is 0.684. The second kappa shape index (κ2) is 6.51. The Morgan fingerprint density at radius 3 is 2.71 bits per heavy atom. The average Bonchev–Trinajstić information content (AvgIpc) is 3.18. The molecule has 2 heterocycles. The molecule has 2 atom stereocenters. The number of hydrogen-bond donors (Lipinski definition) is 0. The lowest BCUT2D eigenvalue weighted by atomic mass is 9.72. The van der Waals surface area contributed by atoms with E-state index in [2.05, 4.69) is 26.8 Å². The Labute approximate surface area is 148 Å². The fourth-order valence-corrected chi connectivity index (χ4v) is 5.07. The summed E-state index contributed by atoms with van der Waals surface area (Å²) in [5.74, 6) is 0.363. The third-order valence-electron chi connectivity index (χ3n) is 5.51. The number of nitrogens with zero attached hydrogens (tertiary/aromatic N) is 1. The van der Waals surface area contributed by atoms with Crippen LogP contribution in [0.1, 0.15) is 60.1 Å². The molecule has 0 radical (unpaired) electrons. The van der Waals surface area contributed by atoms with Crippen LogP contribution in [0.25, 0.3) is 0 Å². The van der Waals surface area contributed by atoms with Crippen molar-refractivity contribution in [1.82, 2.24) is 4.90 Å². The van der Waals surface area contributed by atoms with Crippen LogP contribution in [-0.4, -0.2) is 36.5 Å². The predicted octanol–water partition coefficient (Wildman–Crippen LogP) is 3.68. The first-order chi connectivity index (χ1) is 11.3. The highest BCUT2D eigenvalue weighted by molar-refractivity contribution is 7.14. The van der Waals surface area contributed by atoms with Gasteiger partial charge in [-0.25, -0.2) is 4.79 Å². The minimum absolute atomic E-state index is 0.00499. The van der Waals surface area contributed by atoms with Crippen molar-refractivity contribution in [2.45, 2.75) is 58.9 Å². The van der Waals surface area contributed by atoms with Gasteiger partial charge in [-0.3, -0.25) is 4.79 Å². The van der Waals surface area contributed by atoms with Gasteiger partial charge in [-0.15, -0.1) is 11.3 Å². The second-order valence-electron chi connectivity index (χ2n) is 8.04. The number of hydrogen-bond acceptors (Lipinski definition) is 4. The van der Waals surface area contributed by atoms with Gasteiger partial charge < -0.3 is 9.64 Å². The molecule has 1 amide bonds. The third kappa shape index (κ3) is 3.23. The molecule has 1 aliphatic heterocycles. The molecule has 0 aromatic carbocycles. The Balaban J connectivity index is 1.78. The quantitative estimate of drug-likeness (QED) is 0.765. The molecule has 5 heteroatoms. The molecule has 1 fully saturated rings. The monoisotopic (exact) mass is 349 g/mol. The van der Waals surface area contributed by atoms with E-state index in [1.54, 1.807) is 16.2 Å². The number of fused-ring (bicyclic) bond motifs is 1. The molecule has 1 aliphatic carbocycles. The molecule has 1 aromatic heterocycles. The standard InChI is InChI=1S/C19H27NO3S/c1-19(2,3)13-7-8-15-12(10-13)11-16(24-15)17(21)20-9-5-6-14(20)18(22)23-4/h11,13-14H,5-10H2,1-4H3. The van der Waals surface area contributed by atoms with Gasteiger partial charge in [0.1, 0.15) is 6.04 Å². The van der Waals surface area contributed by atoms with Crippen molar-refractivity contribution in [3.8, 4) is 0 Å². The van der Waals surface area contributed by atoms with E-state index in [-0.39, 0.29) is 11.9 Å². The number of carbonyl (C=O) groups excluding carboxylic acids is 2. The highest BCUT2D eigenvalue weighted by Crippen LogP contribution is 2.40. The number of amides is 1. The number of aryl methyl sites for hydroxylation is 1. The number of thiophene rings is 1. The van der Waals surface area contributed by atoms with E-state index < -0.39 is 6.04 Å². The average molecular weight is 349 g/mol. The van der Waals surface area contributed by atoms with Crippen LogP contribution in [-0.2, 0) is 22.4 Å². The number of carbonyl (C=O) groups is 2. The molecule has 0 spiro atoms. The van der Waals surface area contributed by atoms with Crippen LogP contribution in [0.2, 0.25) is 0 Å². The zero-order chi connectivity index (χ0) is 17.5. The maximum absolute atomic E-state index is 12.9. The molecule has 0 N–H and O–H groups in total. The Bertz CT molecular complexity index is 644. The smallest absolute Gasteiger partial charge is 0.328 e. The molecular weight excluding hydrogens is 322 g/mol. The van der Waals surface area contributed by atoms with Gasteiger partial charge in [-0.1, -0.05) is 20.8 Å². The first-order valence-corrected chi connectivity index (χ1v) is 9.63. The van der Waals surface area contributed by atoms with E-state index in [9.17, 15) is 9.59 Å². The fourth-order valence-electron chi connectivity index (χ4n) is 3.90. The van der Waals surface area contributed by atoms with E-state index in [0.717, 1.165) is 24.1 Å². The zero-order valence-electron chi connectivity index (χ0n) is 15.1. The van der Waals surface area contributed by atoms with E-state index in [4.69, 9.17) is 4.74 Å². The van der Waals surface area contributed by atoms with Gasteiger partial charge in [0.05, 0.1) is 12.0 Å². The van der Waals surface area contributed by atoms with Gasteiger partial charge in [0.2, 0.25) is 0 Å². The highest BCUT2D eigenvalue weighted by Gasteiger charge is 2.37. The zero-order valence-corrected chi connectivity index (χ0v) is 15.9. The lowest BCUT2D eigenvalue weighted by Gasteiger charge is -2.33. The first-order valence-electron chi connectivity index (χ1n) is 8.81. The van der Waals surface area contributed by atoms with Crippen LogP contribution in [0, 0.1) is 11.3 Å². The van der Waals surface area contributed by atoms with Crippen molar-refractivity contribution < 1.29 is 14.3 Å². The van der Waals surface area contributed by atoms with Gasteiger partial charge in [0.25, 0.3) is 5.91 Å². The predicted molar refractivity (Wildman–Crippen MR) is 95.4 cm³/mol. The van der Waals surface area contributed by atoms with Crippen molar-refractivity contribution in [2.75, 3.05) is 13.7 Å². The van der Waals surface area contributed by atoms with Crippen molar-refractivity contribution >= 4 is 23.2 Å². The lowest BCUT2D eigenvalue weighted by molar-refractivity contribution is -0.145. The molecule has 3 rings (SSSR count). The summed E-state index contributed by atoms with van der Waals surface area (Å²) >= 11 is 1.62. The molecule has 2 aliphatic rings. The van der Waals surface area contributed by atoms with Crippen LogP contribution in [0.4, 0.5) is 0 Å². The topological polar surface area (TPSA) is 46.6 Å². The van der Waals surface area contributed by atoms with Gasteiger partial charge in [-0.05, 0) is 55.1 Å². The molecule has 2 unspecified atom stereocenters. The lowest BCUT2D eigenvalue weighted by Crippen LogP contribution is -2.40. The summed E-state index contributed by atoms with van der Waals surface area (Å²) in [6, 6.07) is 1.66. The summed E-state index contributed by atoms with van der Waals surface area (Å²) in [6.45, 7) is 7.54. The molecule has 132 valence electrons. The normalized spacial score (nSPS) is 23.9. The Morgan fingerprint density at radius 1 is 1.29 bits per heavy atom. The molecule has 24 heavy (non-hydrogen) atoms. The molecule has 1 aromatic rings. The van der Waals surface area contributed by atoms with Crippen LogP contribution in [0.5, 0.6) is 0 Å². The summed E-state index contributed by atoms with van der Waals surface area (Å²) in [7, 11) is 1.39. The van der Waals surface area contributed by atoms with Crippen LogP contribution >= 0.6 is 11.3 Å². The summed E-state index contributed by atoms with van der Waals surface area (Å²) < 4.78 is 4.85. The van der Waals surface area contributed by atoms with E-state index >= 15 is 0 Å². The molecule has 0 saturated carbocycles. The summed E-state index contributed by atoms with van der Waals surface area (Å²) in [4.78, 5) is 28.6. The van der Waals surface area contributed by atoms with Crippen molar-refractivity contribution in [2.24, 2.45) is 11.3 Å². The van der Waals surface area contributed by atoms with Crippen molar-refractivity contribution in [3.63, 3.8) is 0 Å². The largest absolute Gasteiger partial charge is 0.467 e. The molecule has 4 nitrogen and oxygen atoms in total. The van der Waals surface area contributed by atoms with Crippen LogP contribution in [0.15, 0.2) is 6.07 Å². The van der Waals surface area contributed by atoms with Gasteiger partial charge in [0.15, 0.2) is 0 Å². The maximum Gasteiger partial charge on any atom is 0.328 e. The SMILES string of the molecule is COC(=O)C1CCCN1C(=O)c1cc2c(s1)CCC(C(C)(C)C)C2. The van der Waals surface area contributed by atoms with Crippen LogP contribution in [0.3, 0.4) is 0 Å². The summed E-state index contributed by atoms with van der Waals surface area (Å²) in [5.41, 5.74) is 1.64. The highest BCUT2D eigenvalue weighted by atomic mass is 32.1. The van der Waals surface area contributed by atoms with Crippen molar-refractivity contribution in [1.29, 1.82) is 0 Å². The number of likely N-dealkylation sites (tertiary alicyclic amines) is 1. The molecule has 0 bridgehead atoms. The minimum atomic E-state index is -0.413. The Hall–Kier alpha value is -1.36. The number of methoxy groups -OCH3 is 1. The third-order valence-corrected chi connectivity index (χ3v) is 6.73. The van der Waals surface area contributed by atoms with Crippen molar-refractivity contribution in [3.05, 3.63) is 21.4 Å². The number of ether oxygens (including phenoxy) is 1. The van der Waals surface area contributed by atoms with Crippen LogP contribution < -0.4 is 0 Å². The van der Waals surface area contributed by atoms with Gasteiger partial charge in [-0.2, -0.15) is 0 Å².